The van der Waals surface area contributed by atoms with Crippen molar-refractivity contribution in [1.29, 1.82) is 0 Å². The lowest BCUT2D eigenvalue weighted by Gasteiger charge is -2.27. The lowest BCUT2D eigenvalue weighted by molar-refractivity contribution is 0.0543. The molecule has 5 rings (SSSR count). The summed E-state index contributed by atoms with van der Waals surface area (Å²) in [6.07, 6.45) is 7.25. The molecule has 0 atom stereocenters. The quantitative estimate of drug-likeness (QED) is 0.251. The van der Waals surface area contributed by atoms with Crippen LogP contribution in [-0.2, 0) is 24.1 Å². The molecule has 3 aromatic rings. The van der Waals surface area contributed by atoms with Crippen molar-refractivity contribution < 1.29 is 24.1 Å². The molecule has 1 heterocycles. The second kappa shape index (κ2) is 17.0. The van der Waals surface area contributed by atoms with Crippen molar-refractivity contribution in [2.45, 2.75) is 52.0 Å². The minimum Gasteiger partial charge on any atom is -0.508 e. The average molecular weight is 591 g/mol. The van der Waals surface area contributed by atoms with Crippen molar-refractivity contribution in [3.05, 3.63) is 77.4 Å². The molecule has 1 aliphatic heterocycles. The molecule has 0 amide bonds. The van der Waals surface area contributed by atoms with Crippen LogP contribution >= 0.6 is 0 Å². The van der Waals surface area contributed by atoms with Crippen LogP contribution in [0.25, 0.3) is 0 Å². The summed E-state index contributed by atoms with van der Waals surface area (Å²) in [4.78, 5) is 4.68. The van der Waals surface area contributed by atoms with E-state index in [4.69, 9.17) is 18.9 Å². The largest absolute Gasteiger partial charge is 0.508 e. The van der Waals surface area contributed by atoms with Crippen molar-refractivity contribution in [2.75, 3.05) is 65.6 Å². The van der Waals surface area contributed by atoms with E-state index < -0.39 is 0 Å². The fourth-order valence-electron chi connectivity index (χ4n) is 5.82. The molecule has 0 radical (unpaired) electrons. The summed E-state index contributed by atoms with van der Waals surface area (Å²) in [7, 11) is 5.50. The lowest BCUT2D eigenvalue weighted by Crippen LogP contribution is -2.32. The zero-order valence-corrected chi connectivity index (χ0v) is 26.5. The van der Waals surface area contributed by atoms with Crippen LogP contribution in [0.2, 0.25) is 0 Å². The van der Waals surface area contributed by atoms with E-state index in [-0.39, 0.29) is 0 Å². The smallest absolute Gasteiger partial charge is 0.162 e. The van der Waals surface area contributed by atoms with Crippen LogP contribution in [0.5, 0.6) is 23.0 Å². The van der Waals surface area contributed by atoms with Crippen LogP contribution in [0.15, 0.2) is 60.7 Å². The van der Waals surface area contributed by atoms with Gasteiger partial charge < -0.3 is 33.9 Å². The number of aromatic hydroxyl groups is 1. The number of ether oxygens (including phenoxy) is 4. The molecule has 0 unspecified atom stereocenters. The molecular formula is C36H50N2O5. The van der Waals surface area contributed by atoms with Crippen LogP contribution in [0.1, 0.15) is 49.3 Å². The Morgan fingerprint density at radius 1 is 0.860 bits per heavy atom. The van der Waals surface area contributed by atoms with Crippen LogP contribution in [0.4, 0.5) is 5.69 Å². The minimum absolute atomic E-state index is 0.408. The average Bonchev–Trinajstić information content (AvgIpc) is 3.04. The molecule has 1 fully saturated rings. The number of nitrogens with zero attached hydrogens (tertiary/aromatic N) is 2. The highest BCUT2D eigenvalue weighted by molar-refractivity contribution is 5.56. The number of benzene rings is 3. The third kappa shape index (κ3) is 10.1. The van der Waals surface area contributed by atoms with Crippen molar-refractivity contribution in [3.8, 4) is 23.0 Å². The van der Waals surface area contributed by atoms with E-state index >= 15 is 0 Å². The van der Waals surface area contributed by atoms with E-state index in [0.29, 0.717) is 12.4 Å². The summed E-state index contributed by atoms with van der Waals surface area (Å²) in [6.45, 7) is 8.44. The highest BCUT2D eigenvalue weighted by Gasteiger charge is 2.16. The molecule has 3 aromatic carbocycles. The van der Waals surface area contributed by atoms with Crippen molar-refractivity contribution in [3.63, 3.8) is 0 Å². The maximum Gasteiger partial charge on any atom is 0.162 e. The highest BCUT2D eigenvalue weighted by Crippen LogP contribution is 2.32. The first-order valence-corrected chi connectivity index (χ1v) is 15.7. The molecule has 1 N–H and O–H groups in total. The van der Waals surface area contributed by atoms with E-state index in [0.717, 1.165) is 74.7 Å². The summed E-state index contributed by atoms with van der Waals surface area (Å²) in [5.74, 6) is 3.56. The number of methoxy groups -OCH3 is 2. The zero-order chi connectivity index (χ0) is 30.4. The summed E-state index contributed by atoms with van der Waals surface area (Å²) in [5, 5.41) is 9.19. The van der Waals surface area contributed by atoms with E-state index in [1.807, 2.05) is 24.3 Å². The number of aryl methyl sites for hydroxylation is 2. The van der Waals surface area contributed by atoms with Crippen LogP contribution < -0.4 is 19.1 Å². The summed E-state index contributed by atoms with van der Waals surface area (Å²) < 4.78 is 22.2. The first-order chi connectivity index (χ1) is 21.0. The van der Waals surface area contributed by atoms with Crippen LogP contribution in [0, 0.1) is 5.92 Å². The molecule has 0 aromatic heterocycles. The molecule has 1 saturated heterocycles. The van der Waals surface area contributed by atoms with Gasteiger partial charge in [-0.15, -0.1) is 0 Å². The first-order valence-electron chi connectivity index (χ1n) is 15.7. The topological polar surface area (TPSA) is 63.6 Å². The second-order valence-corrected chi connectivity index (χ2v) is 11.5. The SMILES string of the molecule is CCN(Cc1ccc(OCCN(C)CC2CCOCC2)cc1)c1ccc(OC)c(OC)c1.Oc1ccc2c(c1)CCCC2. The van der Waals surface area contributed by atoms with Gasteiger partial charge in [-0.3, -0.25) is 0 Å². The third-order valence-corrected chi connectivity index (χ3v) is 8.40. The van der Waals surface area contributed by atoms with Crippen molar-refractivity contribution in [1.82, 2.24) is 4.90 Å². The fourth-order valence-corrected chi connectivity index (χ4v) is 5.82. The normalized spacial score (nSPS) is 14.8. The summed E-state index contributed by atoms with van der Waals surface area (Å²) in [5.41, 5.74) is 5.12. The number of anilines is 1. The first kappa shape index (κ1) is 32.5. The van der Waals surface area contributed by atoms with Crippen molar-refractivity contribution in [2.24, 2.45) is 5.92 Å². The van der Waals surface area contributed by atoms with Gasteiger partial charge in [0.25, 0.3) is 0 Å². The summed E-state index contributed by atoms with van der Waals surface area (Å²) in [6, 6.07) is 20.2. The maximum atomic E-state index is 9.19. The Morgan fingerprint density at radius 2 is 1.58 bits per heavy atom. The van der Waals surface area contributed by atoms with Gasteiger partial charge >= 0.3 is 0 Å². The molecule has 0 saturated carbocycles. The Balaban J connectivity index is 0.000000319. The Kier molecular flexibility index (Phi) is 12.9. The predicted octanol–water partition coefficient (Wildman–Crippen LogP) is 6.74. The Bertz CT molecular complexity index is 1240. The van der Waals surface area contributed by atoms with Crippen LogP contribution in [-0.4, -0.2) is 70.7 Å². The number of phenols is 1. The van der Waals surface area contributed by atoms with Gasteiger partial charge in [0.15, 0.2) is 11.5 Å². The van der Waals surface area contributed by atoms with Gasteiger partial charge in [-0.05, 0) is 112 Å². The zero-order valence-electron chi connectivity index (χ0n) is 26.5. The molecule has 234 valence electrons. The standard InChI is InChI=1S/C26H38N2O4.C10H12O/c1-5-28(23-8-11-25(29-3)26(18-23)30-4)20-21-6-9-24(10-7-21)32-17-14-27(2)19-22-12-15-31-16-13-22;11-10-6-5-8-3-1-2-4-9(8)7-10/h6-11,18,22H,5,12-17,19-20H2,1-4H3;5-7,11H,1-4H2. The van der Waals surface area contributed by atoms with Gasteiger partial charge in [-0.1, -0.05) is 18.2 Å². The molecule has 0 spiro atoms. The van der Waals surface area contributed by atoms with Gasteiger partial charge in [-0.25, -0.2) is 0 Å². The molecule has 43 heavy (non-hydrogen) atoms. The fraction of sp³-hybridized carbons (Fsp3) is 0.500. The molecule has 2 aliphatic rings. The van der Waals surface area contributed by atoms with E-state index in [9.17, 15) is 5.11 Å². The number of phenolic OH excluding ortho intramolecular Hbond substituents is 1. The highest BCUT2D eigenvalue weighted by atomic mass is 16.5. The third-order valence-electron chi connectivity index (χ3n) is 8.40. The van der Waals surface area contributed by atoms with Gasteiger partial charge in [0.05, 0.1) is 14.2 Å². The van der Waals surface area contributed by atoms with E-state index in [2.05, 4.69) is 54.1 Å². The molecule has 7 heteroatoms. The number of fused-ring (bicyclic) bond motifs is 1. The lowest BCUT2D eigenvalue weighted by atomic mass is 9.92. The number of hydrogen-bond acceptors (Lipinski definition) is 7. The monoisotopic (exact) mass is 590 g/mol. The Hall–Kier alpha value is -3.42. The van der Waals surface area contributed by atoms with E-state index in [1.165, 1.54) is 48.8 Å². The molecule has 1 aliphatic carbocycles. The molecule has 0 bridgehead atoms. The molecular weight excluding hydrogens is 540 g/mol. The van der Waals surface area contributed by atoms with E-state index in [1.54, 1.807) is 20.3 Å². The number of rotatable bonds is 12. The van der Waals surface area contributed by atoms with Gasteiger partial charge in [0.1, 0.15) is 18.1 Å². The maximum absolute atomic E-state index is 9.19. The summed E-state index contributed by atoms with van der Waals surface area (Å²) >= 11 is 0. The predicted molar refractivity (Wildman–Crippen MR) is 174 cm³/mol. The second-order valence-electron chi connectivity index (χ2n) is 11.5. The van der Waals surface area contributed by atoms with Crippen molar-refractivity contribution >= 4 is 5.69 Å². The van der Waals surface area contributed by atoms with Gasteiger partial charge in [0, 0.05) is 51.1 Å². The molecule has 7 nitrogen and oxygen atoms in total. The van der Waals surface area contributed by atoms with Crippen LogP contribution in [0.3, 0.4) is 0 Å². The Labute approximate surface area is 258 Å². The van der Waals surface area contributed by atoms with Gasteiger partial charge in [0.2, 0.25) is 0 Å². The Morgan fingerprint density at radius 3 is 2.28 bits per heavy atom. The van der Waals surface area contributed by atoms with Gasteiger partial charge in [-0.2, -0.15) is 0 Å². The number of hydrogen-bond donors (Lipinski definition) is 1. The number of likely N-dealkylation sites (N-methyl/N-ethyl adjacent to an activating group) is 1. The minimum atomic E-state index is 0.408.